The molecule has 1 aromatic carbocycles. The van der Waals surface area contributed by atoms with Gasteiger partial charge in [-0.15, -0.1) is 6.58 Å². The minimum atomic E-state index is -0.855. The number of hydrogen-bond donors (Lipinski definition) is 0. The van der Waals surface area contributed by atoms with Crippen molar-refractivity contribution >= 4 is 0 Å². The molecular formula is C20H28F2O. The maximum absolute atomic E-state index is 14.0. The first kappa shape index (κ1) is 18.0. The first-order valence-corrected chi connectivity index (χ1v) is 8.87. The predicted molar refractivity (Wildman–Crippen MR) is 90.7 cm³/mol. The molecule has 1 nitrogen and oxygen atoms in total. The van der Waals surface area contributed by atoms with Crippen LogP contribution in [0.5, 0.6) is 5.75 Å². The molecule has 3 heteroatoms. The van der Waals surface area contributed by atoms with E-state index >= 15 is 0 Å². The standard InChI is InChI=1S/C20H28F2O/c1-3-15-9-11-16(12-10-15)7-5-6-8-17-13-14-18(23-4-2)20(22)19(17)21/h3,13-16H,1,4-12H2,2H3. The van der Waals surface area contributed by atoms with Gasteiger partial charge in [-0.2, -0.15) is 4.39 Å². The molecule has 1 aliphatic carbocycles. The van der Waals surface area contributed by atoms with Gasteiger partial charge in [0, 0.05) is 0 Å². The number of allylic oxidation sites excluding steroid dienone is 1. The number of unbranched alkanes of at least 4 members (excludes halogenated alkanes) is 1. The Morgan fingerprint density at radius 2 is 1.87 bits per heavy atom. The van der Waals surface area contributed by atoms with Crippen LogP contribution in [0.4, 0.5) is 8.78 Å². The quantitative estimate of drug-likeness (QED) is 0.417. The van der Waals surface area contributed by atoms with Gasteiger partial charge in [0.15, 0.2) is 11.6 Å². The lowest BCUT2D eigenvalue weighted by molar-refractivity contribution is 0.289. The van der Waals surface area contributed by atoms with Crippen LogP contribution in [0.3, 0.4) is 0 Å². The second-order valence-electron chi connectivity index (χ2n) is 6.55. The molecule has 1 aromatic rings. The fraction of sp³-hybridized carbons (Fsp3) is 0.600. The Bertz CT molecular complexity index is 505. The molecule has 0 amide bonds. The van der Waals surface area contributed by atoms with Gasteiger partial charge in [0.1, 0.15) is 0 Å². The zero-order valence-corrected chi connectivity index (χ0v) is 14.1. The van der Waals surface area contributed by atoms with Crippen LogP contribution in [0.25, 0.3) is 0 Å². The highest BCUT2D eigenvalue weighted by Crippen LogP contribution is 2.32. The molecule has 0 N–H and O–H groups in total. The number of rotatable bonds is 8. The van der Waals surface area contributed by atoms with Crippen molar-refractivity contribution in [1.29, 1.82) is 0 Å². The van der Waals surface area contributed by atoms with E-state index in [4.69, 9.17) is 4.74 Å². The van der Waals surface area contributed by atoms with Gasteiger partial charge in [-0.25, -0.2) is 4.39 Å². The lowest BCUT2D eigenvalue weighted by atomic mass is 9.80. The van der Waals surface area contributed by atoms with Gasteiger partial charge >= 0.3 is 0 Å². The van der Waals surface area contributed by atoms with Gasteiger partial charge < -0.3 is 4.74 Å². The van der Waals surface area contributed by atoms with Crippen LogP contribution in [0.15, 0.2) is 24.8 Å². The zero-order valence-electron chi connectivity index (χ0n) is 14.1. The van der Waals surface area contributed by atoms with Crippen molar-refractivity contribution in [3.63, 3.8) is 0 Å². The Labute approximate surface area is 138 Å². The van der Waals surface area contributed by atoms with E-state index in [1.165, 1.54) is 38.2 Å². The summed E-state index contributed by atoms with van der Waals surface area (Å²) < 4.78 is 32.9. The molecule has 0 saturated heterocycles. The summed E-state index contributed by atoms with van der Waals surface area (Å²) in [6.45, 7) is 5.97. The Hall–Kier alpha value is -1.38. The highest BCUT2D eigenvalue weighted by atomic mass is 19.2. The lowest BCUT2D eigenvalue weighted by Gasteiger charge is -2.26. The van der Waals surface area contributed by atoms with E-state index in [1.54, 1.807) is 13.0 Å². The molecule has 0 aliphatic heterocycles. The van der Waals surface area contributed by atoms with Gasteiger partial charge in [0.25, 0.3) is 0 Å². The molecule has 128 valence electrons. The van der Waals surface area contributed by atoms with Crippen molar-refractivity contribution in [3.05, 3.63) is 42.0 Å². The van der Waals surface area contributed by atoms with E-state index in [2.05, 4.69) is 12.7 Å². The number of halogens is 2. The van der Waals surface area contributed by atoms with E-state index in [-0.39, 0.29) is 5.75 Å². The van der Waals surface area contributed by atoms with Crippen molar-refractivity contribution < 1.29 is 13.5 Å². The summed E-state index contributed by atoms with van der Waals surface area (Å²) in [7, 11) is 0. The molecule has 0 spiro atoms. The summed E-state index contributed by atoms with van der Waals surface area (Å²) in [5.41, 5.74) is 0.460. The van der Waals surface area contributed by atoms with Gasteiger partial charge in [-0.3, -0.25) is 0 Å². The minimum Gasteiger partial charge on any atom is -0.491 e. The number of ether oxygens (including phenoxy) is 1. The van der Waals surface area contributed by atoms with E-state index < -0.39 is 11.6 Å². The summed E-state index contributed by atoms with van der Waals surface area (Å²) in [5, 5.41) is 0. The molecule has 0 bridgehead atoms. The van der Waals surface area contributed by atoms with Crippen LogP contribution >= 0.6 is 0 Å². The molecule has 0 radical (unpaired) electrons. The van der Waals surface area contributed by atoms with Crippen molar-refractivity contribution in [2.45, 2.75) is 58.3 Å². The van der Waals surface area contributed by atoms with Crippen LogP contribution < -0.4 is 4.74 Å². The summed E-state index contributed by atoms with van der Waals surface area (Å²) in [6, 6.07) is 3.19. The Morgan fingerprint density at radius 1 is 1.13 bits per heavy atom. The molecule has 1 fully saturated rings. The Balaban J connectivity index is 1.74. The molecular weight excluding hydrogens is 294 g/mol. The van der Waals surface area contributed by atoms with E-state index in [9.17, 15) is 8.78 Å². The maximum Gasteiger partial charge on any atom is 0.200 e. The summed E-state index contributed by atoms with van der Waals surface area (Å²) in [4.78, 5) is 0. The van der Waals surface area contributed by atoms with E-state index in [0.717, 1.165) is 18.8 Å². The van der Waals surface area contributed by atoms with E-state index in [1.807, 2.05) is 0 Å². The first-order valence-electron chi connectivity index (χ1n) is 8.87. The summed E-state index contributed by atoms with van der Waals surface area (Å²) in [6.07, 6.45) is 10.9. The van der Waals surface area contributed by atoms with Crippen molar-refractivity contribution in [3.8, 4) is 5.75 Å². The van der Waals surface area contributed by atoms with Gasteiger partial charge in [0.05, 0.1) is 6.61 Å². The minimum absolute atomic E-state index is 0.00716. The average molecular weight is 322 g/mol. The number of hydrogen-bond acceptors (Lipinski definition) is 1. The molecule has 0 unspecified atom stereocenters. The average Bonchev–Trinajstić information content (AvgIpc) is 2.58. The van der Waals surface area contributed by atoms with Crippen molar-refractivity contribution in [2.75, 3.05) is 6.61 Å². The van der Waals surface area contributed by atoms with Gasteiger partial charge in [-0.05, 0) is 68.9 Å². The monoisotopic (exact) mass is 322 g/mol. The summed E-state index contributed by atoms with van der Waals surface area (Å²) in [5.74, 6) is -0.0949. The van der Waals surface area contributed by atoms with Crippen LogP contribution in [-0.4, -0.2) is 6.61 Å². The van der Waals surface area contributed by atoms with Crippen molar-refractivity contribution in [1.82, 2.24) is 0 Å². The molecule has 1 saturated carbocycles. The second kappa shape index (κ2) is 9.05. The third-order valence-electron chi connectivity index (χ3n) is 4.96. The second-order valence-corrected chi connectivity index (χ2v) is 6.55. The Morgan fingerprint density at radius 3 is 2.52 bits per heavy atom. The lowest BCUT2D eigenvalue weighted by Crippen LogP contribution is -2.12. The van der Waals surface area contributed by atoms with Crippen molar-refractivity contribution in [2.24, 2.45) is 11.8 Å². The zero-order chi connectivity index (χ0) is 16.7. The first-order chi connectivity index (χ1) is 11.2. The molecule has 2 rings (SSSR count). The Kier molecular flexibility index (Phi) is 7.07. The number of benzene rings is 1. The summed E-state index contributed by atoms with van der Waals surface area (Å²) >= 11 is 0. The third-order valence-corrected chi connectivity index (χ3v) is 4.96. The van der Waals surface area contributed by atoms with Crippen LogP contribution in [0.1, 0.15) is 57.4 Å². The normalized spacial score (nSPS) is 21.2. The SMILES string of the molecule is C=CC1CCC(CCCCc2ccc(OCC)c(F)c2F)CC1. The van der Waals surface area contributed by atoms with Gasteiger partial charge in [-0.1, -0.05) is 25.0 Å². The van der Waals surface area contributed by atoms with Crippen LogP contribution in [0.2, 0.25) is 0 Å². The molecule has 1 aliphatic rings. The highest BCUT2D eigenvalue weighted by molar-refractivity contribution is 5.31. The fourth-order valence-corrected chi connectivity index (χ4v) is 3.49. The van der Waals surface area contributed by atoms with Gasteiger partial charge in [0.2, 0.25) is 5.82 Å². The largest absolute Gasteiger partial charge is 0.491 e. The highest BCUT2D eigenvalue weighted by Gasteiger charge is 2.19. The van der Waals surface area contributed by atoms with E-state index in [0.29, 0.717) is 24.5 Å². The third kappa shape index (κ3) is 5.05. The molecule has 0 aromatic heterocycles. The molecule has 0 atom stereocenters. The van der Waals surface area contributed by atoms with Crippen LogP contribution in [0, 0.1) is 23.5 Å². The maximum atomic E-state index is 14.0. The molecule has 23 heavy (non-hydrogen) atoms. The molecule has 0 heterocycles. The number of aryl methyl sites for hydroxylation is 1. The topological polar surface area (TPSA) is 9.23 Å². The fourth-order valence-electron chi connectivity index (χ4n) is 3.49. The smallest absolute Gasteiger partial charge is 0.200 e. The predicted octanol–water partition coefficient (Wildman–Crippen LogP) is 6.07. The van der Waals surface area contributed by atoms with Crippen LogP contribution in [-0.2, 0) is 6.42 Å².